The molecule has 1 N–H and O–H groups in total. The summed E-state index contributed by atoms with van der Waals surface area (Å²) in [5, 5.41) is 2.93. The van der Waals surface area contributed by atoms with Gasteiger partial charge in [-0.1, -0.05) is 31.2 Å². The van der Waals surface area contributed by atoms with Crippen LogP contribution in [0, 0.1) is 0 Å². The highest BCUT2D eigenvalue weighted by atomic mass is 16.5. The van der Waals surface area contributed by atoms with Crippen molar-refractivity contribution in [3.8, 4) is 5.75 Å². The molecule has 1 aromatic heterocycles. The van der Waals surface area contributed by atoms with Gasteiger partial charge in [-0.15, -0.1) is 0 Å². The number of aryl methyl sites for hydroxylation is 1. The Morgan fingerprint density at radius 3 is 2.62 bits per heavy atom. The number of aromatic nitrogens is 2. The van der Waals surface area contributed by atoms with E-state index < -0.39 is 0 Å². The third-order valence-electron chi connectivity index (χ3n) is 4.88. The van der Waals surface area contributed by atoms with Crippen molar-refractivity contribution in [3.05, 3.63) is 59.9 Å². The van der Waals surface area contributed by atoms with E-state index >= 15 is 0 Å². The number of rotatable bonds is 10. The Balaban J connectivity index is 1.53. The van der Waals surface area contributed by atoms with Gasteiger partial charge in [0.25, 0.3) is 5.91 Å². The van der Waals surface area contributed by atoms with Crippen molar-refractivity contribution in [1.82, 2.24) is 19.8 Å². The summed E-state index contributed by atoms with van der Waals surface area (Å²) in [6, 6.07) is 16.0. The van der Waals surface area contributed by atoms with Crippen molar-refractivity contribution in [2.75, 3.05) is 33.8 Å². The first-order valence-electron chi connectivity index (χ1n) is 10.1. The number of ether oxygens (including phenoxy) is 1. The van der Waals surface area contributed by atoms with Gasteiger partial charge in [0.1, 0.15) is 11.6 Å². The third kappa shape index (κ3) is 5.81. The molecule has 0 atom stereocenters. The van der Waals surface area contributed by atoms with E-state index in [2.05, 4.69) is 41.9 Å². The van der Waals surface area contributed by atoms with E-state index in [0.29, 0.717) is 18.7 Å². The van der Waals surface area contributed by atoms with Crippen LogP contribution in [0.15, 0.2) is 48.5 Å². The van der Waals surface area contributed by atoms with Crippen LogP contribution in [-0.4, -0.2) is 54.1 Å². The van der Waals surface area contributed by atoms with Crippen molar-refractivity contribution < 1.29 is 9.53 Å². The molecule has 29 heavy (non-hydrogen) atoms. The summed E-state index contributed by atoms with van der Waals surface area (Å²) in [7, 11) is 4.13. The van der Waals surface area contributed by atoms with Gasteiger partial charge >= 0.3 is 0 Å². The van der Waals surface area contributed by atoms with Gasteiger partial charge in [-0.05, 0) is 50.3 Å². The molecule has 0 radical (unpaired) electrons. The fourth-order valence-electron chi connectivity index (χ4n) is 3.20. The molecule has 0 saturated heterocycles. The minimum atomic E-state index is -0.125. The van der Waals surface area contributed by atoms with Crippen LogP contribution in [0.5, 0.6) is 5.75 Å². The van der Waals surface area contributed by atoms with E-state index in [1.54, 1.807) is 0 Å². The van der Waals surface area contributed by atoms with Crippen molar-refractivity contribution in [2.45, 2.75) is 26.3 Å². The van der Waals surface area contributed by atoms with Crippen molar-refractivity contribution in [1.29, 1.82) is 0 Å². The Morgan fingerprint density at radius 1 is 1.14 bits per heavy atom. The zero-order valence-corrected chi connectivity index (χ0v) is 17.5. The maximum Gasteiger partial charge on any atom is 0.257 e. The van der Waals surface area contributed by atoms with Crippen LogP contribution < -0.4 is 10.1 Å². The van der Waals surface area contributed by atoms with Crippen LogP contribution >= 0.6 is 0 Å². The highest BCUT2D eigenvalue weighted by Crippen LogP contribution is 2.16. The van der Waals surface area contributed by atoms with Crippen LogP contribution in [0.25, 0.3) is 11.0 Å². The molecule has 2 aromatic carbocycles. The van der Waals surface area contributed by atoms with Crippen molar-refractivity contribution in [3.63, 3.8) is 0 Å². The van der Waals surface area contributed by atoms with Gasteiger partial charge < -0.3 is 19.5 Å². The Bertz CT molecular complexity index is 932. The average molecular weight is 395 g/mol. The normalized spacial score (nSPS) is 11.2. The lowest BCUT2D eigenvalue weighted by molar-refractivity contribution is -0.123. The largest absolute Gasteiger partial charge is 0.484 e. The second-order valence-electron chi connectivity index (χ2n) is 7.36. The summed E-state index contributed by atoms with van der Waals surface area (Å²) in [6.45, 7) is 4.46. The van der Waals surface area contributed by atoms with E-state index in [1.807, 2.05) is 42.5 Å². The summed E-state index contributed by atoms with van der Waals surface area (Å²) in [5.74, 6) is 1.58. The predicted molar refractivity (Wildman–Crippen MR) is 116 cm³/mol. The average Bonchev–Trinajstić information content (AvgIpc) is 3.08. The highest BCUT2D eigenvalue weighted by Gasteiger charge is 2.11. The molecule has 3 aromatic rings. The zero-order chi connectivity index (χ0) is 20.6. The number of likely N-dealkylation sites (N-methyl/N-ethyl adjacent to an activating group) is 1. The van der Waals surface area contributed by atoms with E-state index in [-0.39, 0.29) is 12.5 Å². The lowest BCUT2D eigenvalue weighted by atomic mass is 10.2. The molecular formula is C23H30N4O2. The van der Waals surface area contributed by atoms with Crippen LogP contribution in [0.2, 0.25) is 0 Å². The van der Waals surface area contributed by atoms with Gasteiger partial charge in [-0.3, -0.25) is 4.79 Å². The number of carbonyl (C=O) groups excluding carboxylic acids is 1. The van der Waals surface area contributed by atoms with Crippen molar-refractivity contribution >= 4 is 16.9 Å². The summed E-state index contributed by atoms with van der Waals surface area (Å²) < 4.78 is 7.81. The summed E-state index contributed by atoms with van der Waals surface area (Å²) >= 11 is 0. The molecule has 154 valence electrons. The molecule has 0 unspecified atom stereocenters. The molecule has 0 saturated carbocycles. The lowest BCUT2D eigenvalue weighted by Gasteiger charge is -2.13. The number of hydrogen-bond acceptors (Lipinski definition) is 4. The number of imidazole rings is 1. The van der Waals surface area contributed by atoms with Gasteiger partial charge in [0.05, 0.1) is 11.0 Å². The first-order chi connectivity index (χ1) is 14.1. The number of hydrogen-bond donors (Lipinski definition) is 1. The van der Waals surface area contributed by atoms with E-state index in [4.69, 9.17) is 9.72 Å². The summed E-state index contributed by atoms with van der Waals surface area (Å²) in [6.07, 6.45) is 1.67. The second kappa shape index (κ2) is 10.1. The maximum absolute atomic E-state index is 12.1. The molecule has 0 aliphatic heterocycles. The Hall–Kier alpha value is -2.86. The van der Waals surface area contributed by atoms with Crippen LogP contribution in [0.3, 0.4) is 0 Å². The molecule has 0 fully saturated rings. The molecule has 0 aliphatic carbocycles. The van der Waals surface area contributed by atoms with Gasteiger partial charge in [0, 0.05) is 26.1 Å². The molecular weight excluding hydrogens is 364 g/mol. The number of nitrogens with one attached hydrogen (secondary N) is 1. The minimum Gasteiger partial charge on any atom is -0.484 e. The summed E-state index contributed by atoms with van der Waals surface area (Å²) in [4.78, 5) is 19.0. The number of amides is 1. The third-order valence-corrected chi connectivity index (χ3v) is 4.88. The SMILES string of the molecule is CCc1ccc(OCC(=O)NCCc2nc3ccccc3n2CCN(C)C)cc1. The molecule has 0 spiro atoms. The van der Waals surface area contributed by atoms with E-state index in [1.165, 1.54) is 5.56 Å². The lowest BCUT2D eigenvalue weighted by Crippen LogP contribution is -2.31. The fraction of sp³-hybridized carbons (Fsp3) is 0.391. The molecule has 6 nitrogen and oxygen atoms in total. The van der Waals surface area contributed by atoms with Crippen LogP contribution in [0.4, 0.5) is 0 Å². The molecule has 1 amide bonds. The predicted octanol–water partition coefficient (Wildman–Crippen LogP) is 2.90. The van der Waals surface area contributed by atoms with Crippen LogP contribution in [-0.2, 0) is 24.2 Å². The topological polar surface area (TPSA) is 59.4 Å². The Morgan fingerprint density at radius 2 is 1.90 bits per heavy atom. The zero-order valence-electron chi connectivity index (χ0n) is 17.5. The van der Waals surface area contributed by atoms with E-state index in [0.717, 1.165) is 36.4 Å². The second-order valence-corrected chi connectivity index (χ2v) is 7.36. The van der Waals surface area contributed by atoms with Crippen LogP contribution in [0.1, 0.15) is 18.3 Å². The fourth-order valence-corrected chi connectivity index (χ4v) is 3.20. The van der Waals surface area contributed by atoms with Gasteiger partial charge in [-0.25, -0.2) is 4.98 Å². The molecule has 3 rings (SSSR count). The van der Waals surface area contributed by atoms with Gasteiger partial charge in [-0.2, -0.15) is 0 Å². The Labute approximate surface area is 172 Å². The smallest absolute Gasteiger partial charge is 0.257 e. The number of fused-ring (bicyclic) bond motifs is 1. The maximum atomic E-state index is 12.1. The number of benzene rings is 2. The first kappa shape index (κ1) is 20.9. The number of para-hydroxylation sites is 2. The van der Waals surface area contributed by atoms with Gasteiger partial charge in [0.2, 0.25) is 0 Å². The number of nitrogens with zero attached hydrogens (tertiary/aromatic N) is 3. The number of carbonyl (C=O) groups is 1. The molecule has 0 aliphatic rings. The first-order valence-corrected chi connectivity index (χ1v) is 10.1. The Kier molecular flexibility index (Phi) is 7.25. The highest BCUT2D eigenvalue weighted by molar-refractivity contribution is 5.77. The quantitative estimate of drug-likeness (QED) is 0.574. The van der Waals surface area contributed by atoms with E-state index in [9.17, 15) is 4.79 Å². The molecule has 0 bridgehead atoms. The summed E-state index contributed by atoms with van der Waals surface area (Å²) in [5.41, 5.74) is 3.37. The van der Waals surface area contributed by atoms with Crippen molar-refractivity contribution in [2.24, 2.45) is 0 Å². The minimum absolute atomic E-state index is 0.0164. The monoisotopic (exact) mass is 394 g/mol. The standard InChI is InChI=1S/C23H30N4O2/c1-4-18-9-11-19(12-10-18)29-17-23(28)24-14-13-22-25-20-7-5-6-8-21(20)27(22)16-15-26(2)3/h5-12H,4,13-17H2,1-3H3,(H,24,28). The van der Waals surface area contributed by atoms with Gasteiger partial charge in [0.15, 0.2) is 6.61 Å². The molecule has 1 heterocycles. The molecule has 6 heteroatoms.